The van der Waals surface area contributed by atoms with E-state index in [-0.39, 0.29) is 11.1 Å². The first kappa shape index (κ1) is 23.8. The third-order valence-corrected chi connectivity index (χ3v) is 4.69. The van der Waals surface area contributed by atoms with E-state index in [9.17, 15) is 19.2 Å². The fraction of sp³-hybridized carbons (Fsp3) is 0.0833. The van der Waals surface area contributed by atoms with Crippen LogP contribution in [-0.4, -0.2) is 37.8 Å². The smallest absolute Gasteiger partial charge is 0.269 e. The average molecular weight is 462 g/mol. The number of amides is 4. The van der Waals surface area contributed by atoms with Gasteiger partial charge in [-0.05, 0) is 72.8 Å². The van der Waals surface area contributed by atoms with Gasteiger partial charge in [-0.2, -0.15) is 0 Å². The van der Waals surface area contributed by atoms with Crippen molar-refractivity contribution in [2.75, 3.05) is 14.2 Å². The Morgan fingerprint density at radius 1 is 0.441 bits per heavy atom. The molecular formula is C24H22N4O6. The first-order chi connectivity index (χ1) is 16.4. The van der Waals surface area contributed by atoms with Gasteiger partial charge in [-0.1, -0.05) is 0 Å². The summed E-state index contributed by atoms with van der Waals surface area (Å²) in [6, 6.07) is 18.4. The van der Waals surface area contributed by atoms with Crippen molar-refractivity contribution in [1.29, 1.82) is 0 Å². The van der Waals surface area contributed by atoms with Crippen LogP contribution in [0.2, 0.25) is 0 Å². The van der Waals surface area contributed by atoms with Gasteiger partial charge in [0, 0.05) is 22.3 Å². The molecule has 0 aliphatic rings. The van der Waals surface area contributed by atoms with Gasteiger partial charge in [0.15, 0.2) is 0 Å². The molecule has 34 heavy (non-hydrogen) atoms. The maximum Gasteiger partial charge on any atom is 0.269 e. The molecule has 3 rings (SSSR count). The van der Waals surface area contributed by atoms with Crippen molar-refractivity contribution in [3.8, 4) is 11.5 Å². The van der Waals surface area contributed by atoms with Gasteiger partial charge in [-0.15, -0.1) is 0 Å². The molecule has 0 aliphatic heterocycles. The van der Waals surface area contributed by atoms with Crippen molar-refractivity contribution < 1.29 is 28.7 Å². The Bertz CT molecular complexity index is 1080. The summed E-state index contributed by atoms with van der Waals surface area (Å²) >= 11 is 0. The van der Waals surface area contributed by atoms with Gasteiger partial charge < -0.3 is 9.47 Å². The van der Waals surface area contributed by atoms with Crippen LogP contribution in [0.4, 0.5) is 0 Å². The minimum Gasteiger partial charge on any atom is -0.497 e. The van der Waals surface area contributed by atoms with Crippen LogP contribution < -0.4 is 31.2 Å². The molecule has 3 aromatic carbocycles. The lowest BCUT2D eigenvalue weighted by atomic mass is 10.1. The Kier molecular flexibility index (Phi) is 7.79. The van der Waals surface area contributed by atoms with Gasteiger partial charge in [-0.25, -0.2) is 0 Å². The highest BCUT2D eigenvalue weighted by molar-refractivity contribution is 6.01. The second-order valence-corrected chi connectivity index (χ2v) is 6.85. The minimum absolute atomic E-state index is 0.217. The highest BCUT2D eigenvalue weighted by atomic mass is 16.5. The van der Waals surface area contributed by atoms with Crippen LogP contribution >= 0.6 is 0 Å². The Labute approximate surface area is 195 Å². The maximum atomic E-state index is 12.3. The number of carbonyl (C=O) groups is 4. The first-order valence-corrected chi connectivity index (χ1v) is 10.0. The molecule has 0 saturated carbocycles. The van der Waals surface area contributed by atoms with Crippen LogP contribution in [0.3, 0.4) is 0 Å². The molecule has 3 aromatic rings. The van der Waals surface area contributed by atoms with E-state index in [4.69, 9.17) is 9.47 Å². The Morgan fingerprint density at radius 2 is 0.647 bits per heavy atom. The van der Waals surface area contributed by atoms with Crippen molar-refractivity contribution in [3.05, 3.63) is 95.1 Å². The van der Waals surface area contributed by atoms with E-state index < -0.39 is 23.6 Å². The molecule has 0 spiro atoms. The van der Waals surface area contributed by atoms with Crippen LogP contribution in [0.5, 0.6) is 11.5 Å². The molecular weight excluding hydrogens is 440 g/mol. The molecule has 0 heterocycles. The number of methoxy groups -OCH3 is 2. The first-order valence-electron chi connectivity index (χ1n) is 10.0. The van der Waals surface area contributed by atoms with Crippen molar-refractivity contribution in [1.82, 2.24) is 21.7 Å². The molecule has 0 unspecified atom stereocenters. The molecule has 10 nitrogen and oxygen atoms in total. The lowest BCUT2D eigenvalue weighted by Gasteiger charge is -2.10. The largest absolute Gasteiger partial charge is 0.497 e. The van der Waals surface area contributed by atoms with E-state index in [2.05, 4.69) is 21.7 Å². The van der Waals surface area contributed by atoms with Crippen molar-refractivity contribution >= 4 is 23.6 Å². The Balaban J connectivity index is 1.49. The second kappa shape index (κ2) is 11.1. The molecule has 0 atom stereocenters. The van der Waals surface area contributed by atoms with E-state index in [1.54, 1.807) is 48.5 Å². The lowest BCUT2D eigenvalue weighted by Crippen LogP contribution is -2.42. The molecule has 0 radical (unpaired) electrons. The molecule has 0 bridgehead atoms. The van der Waals surface area contributed by atoms with Crippen molar-refractivity contribution in [2.24, 2.45) is 0 Å². The summed E-state index contributed by atoms with van der Waals surface area (Å²) in [6.45, 7) is 0. The monoisotopic (exact) mass is 462 g/mol. The average Bonchev–Trinajstić information content (AvgIpc) is 2.90. The van der Waals surface area contributed by atoms with E-state index in [1.165, 1.54) is 38.5 Å². The van der Waals surface area contributed by atoms with E-state index in [0.717, 1.165) is 0 Å². The summed E-state index contributed by atoms with van der Waals surface area (Å²) in [6.07, 6.45) is 0. The van der Waals surface area contributed by atoms with Gasteiger partial charge in [0.25, 0.3) is 23.6 Å². The molecule has 174 valence electrons. The van der Waals surface area contributed by atoms with E-state index >= 15 is 0 Å². The van der Waals surface area contributed by atoms with Gasteiger partial charge in [-0.3, -0.25) is 40.9 Å². The fourth-order valence-electron chi connectivity index (χ4n) is 2.77. The normalized spacial score (nSPS) is 9.94. The summed E-state index contributed by atoms with van der Waals surface area (Å²) in [5.74, 6) is -0.933. The third kappa shape index (κ3) is 6.10. The zero-order valence-electron chi connectivity index (χ0n) is 18.4. The molecule has 0 aromatic heterocycles. The van der Waals surface area contributed by atoms with Gasteiger partial charge in [0.1, 0.15) is 11.5 Å². The SMILES string of the molecule is COc1ccc(C(=O)NNC(=O)c2ccc(C(=O)NNC(=O)c3ccc(OC)cc3)cc2)cc1. The Morgan fingerprint density at radius 3 is 0.853 bits per heavy atom. The molecule has 4 amide bonds. The van der Waals surface area contributed by atoms with E-state index in [0.29, 0.717) is 22.6 Å². The number of nitrogens with one attached hydrogen (secondary N) is 4. The number of rotatable bonds is 6. The lowest BCUT2D eigenvalue weighted by molar-refractivity contribution is 0.0844. The number of carbonyl (C=O) groups excluding carboxylic acids is 4. The van der Waals surface area contributed by atoms with Crippen LogP contribution in [-0.2, 0) is 0 Å². The molecule has 10 heteroatoms. The summed E-state index contributed by atoms with van der Waals surface area (Å²) < 4.78 is 10.1. The van der Waals surface area contributed by atoms with Crippen LogP contribution in [0.25, 0.3) is 0 Å². The van der Waals surface area contributed by atoms with Crippen LogP contribution in [0, 0.1) is 0 Å². The van der Waals surface area contributed by atoms with Crippen molar-refractivity contribution in [3.63, 3.8) is 0 Å². The van der Waals surface area contributed by atoms with Gasteiger partial charge in [0.05, 0.1) is 14.2 Å². The number of ether oxygens (including phenoxy) is 2. The zero-order chi connectivity index (χ0) is 24.5. The standard InChI is InChI=1S/C24H22N4O6/c1-33-19-11-7-17(8-12-19)23(31)27-25-21(29)15-3-5-16(6-4-15)22(30)26-28-24(32)18-9-13-20(34-2)14-10-18/h3-14H,1-2H3,(H,25,29)(H,26,30)(H,27,31)(H,28,32). The summed E-state index contributed by atoms with van der Waals surface area (Å²) in [4.78, 5) is 48.8. The fourth-order valence-corrected chi connectivity index (χ4v) is 2.77. The van der Waals surface area contributed by atoms with Crippen LogP contribution in [0.1, 0.15) is 41.4 Å². The number of benzene rings is 3. The minimum atomic E-state index is -0.568. The van der Waals surface area contributed by atoms with E-state index in [1.807, 2.05) is 0 Å². The Hall–Kier alpha value is -4.86. The summed E-state index contributed by atoms with van der Waals surface area (Å²) in [7, 11) is 3.03. The number of hydrogen-bond acceptors (Lipinski definition) is 6. The number of hydrogen-bond donors (Lipinski definition) is 4. The second-order valence-electron chi connectivity index (χ2n) is 6.85. The maximum absolute atomic E-state index is 12.3. The van der Waals surface area contributed by atoms with Crippen molar-refractivity contribution in [2.45, 2.75) is 0 Å². The highest BCUT2D eigenvalue weighted by Crippen LogP contribution is 2.12. The quantitative estimate of drug-likeness (QED) is 0.413. The molecule has 0 aliphatic carbocycles. The molecule has 0 fully saturated rings. The van der Waals surface area contributed by atoms with Gasteiger partial charge >= 0.3 is 0 Å². The molecule has 0 saturated heterocycles. The van der Waals surface area contributed by atoms with Crippen LogP contribution in [0.15, 0.2) is 72.8 Å². The zero-order valence-corrected chi connectivity index (χ0v) is 18.4. The highest BCUT2D eigenvalue weighted by Gasteiger charge is 2.12. The summed E-state index contributed by atoms with van der Waals surface area (Å²) in [5.41, 5.74) is 10.3. The third-order valence-electron chi connectivity index (χ3n) is 4.69. The predicted octanol–water partition coefficient (Wildman–Crippen LogP) is 1.85. The topological polar surface area (TPSA) is 135 Å². The summed E-state index contributed by atoms with van der Waals surface area (Å²) in [5, 5.41) is 0. The predicted molar refractivity (Wildman–Crippen MR) is 122 cm³/mol. The van der Waals surface area contributed by atoms with Gasteiger partial charge in [0.2, 0.25) is 0 Å². The molecule has 4 N–H and O–H groups in total. The number of hydrazine groups is 2.